The minimum absolute atomic E-state index is 0.00898. The fraction of sp³-hybridized carbons (Fsp3) is 0.353. The van der Waals surface area contributed by atoms with Gasteiger partial charge in [-0.1, -0.05) is 5.16 Å². The topological polar surface area (TPSA) is 96.3 Å². The van der Waals surface area contributed by atoms with Crippen molar-refractivity contribution in [3.63, 3.8) is 0 Å². The van der Waals surface area contributed by atoms with Crippen LogP contribution in [0.4, 0.5) is 11.4 Å². The summed E-state index contributed by atoms with van der Waals surface area (Å²) in [5, 5.41) is 12.5. The van der Waals surface area contributed by atoms with Crippen molar-refractivity contribution in [1.29, 1.82) is 0 Å². The zero-order valence-corrected chi connectivity index (χ0v) is 13.5. The van der Waals surface area contributed by atoms with Crippen LogP contribution in [-0.2, 0) is 4.79 Å². The van der Waals surface area contributed by atoms with Crippen molar-refractivity contribution in [2.75, 3.05) is 23.7 Å². The number of aryl methyl sites for hydroxylation is 1. The Hall–Kier alpha value is -2.67. The number of amides is 2. The quantitative estimate of drug-likeness (QED) is 0.799. The van der Waals surface area contributed by atoms with Gasteiger partial charge in [-0.05, 0) is 50.6 Å². The molecule has 126 valence electrons. The smallest absolute Gasteiger partial charge is 0.260 e. The van der Waals surface area contributed by atoms with Gasteiger partial charge in [-0.15, -0.1) is 0 Å². The number of piperidine rings is 1. The summed E-state index contributed by atoms with van der Waals surface area (Å²) in [4.78, 5) is 24.3. The molecule has 2 amide bonds. The fourth-order valence-corrected chi connectivity index (χ4v) is 2.67. The zero-order chi connectivity index (χ0) is 16.9. The van der Waals surface area contributed by atoms with Crippen LogP contribution >= 0.6 is 0 Å². The molecule has 1 aromatic heterocycles. The van der Waals surface area contributed by atoms with Gasteiger partial charge in [0.1, 0.15) is 11.3 Å². The van der Waals surface area contributed by atoms with Crippen LogP contribution in [-0.4, -0.2) is 30.1 Å². The molecule has 3 rings (SSSR count). The van der Waals surface area contributed by atoms with Crippen LogP contribution in [0, 0.1) is 12.8 Å². The Morgan fingerprint density at radius 1 is 1.21 bits per heavy atom. The molecule has 1 aliphatic rings. The Kier molecular flexibility index (Phi) is 4.90. The third kappa shape index (κ3) is 3.80. The van der Waals surface area contributed by atoms with Crippen LogP contribution < -0.4 is 16.0 Å². The van der Waals surface area contributed by atoms with E-state index in [4.69, 9.17) is 4.52 Å². The van der Waals surface area contributed by atoms with E-state index in [1.165, 1.54) is 6.20 Å². The minimum atomic E-state index is -0.279. The maximum absolute atomic E-state index is 12.2. The summed E-state index contributed by atoms with van der Waals surface area (Å²) in [6, 6.07) is 7.03. The summed E-state index contributed by atoms with van der Waals surface area (Å²) >= 11 is 0. The van der Waals surface area contributed by atoms with Gasteiger partial charge < -0.3 is 20.5 Å². The number of hydrogen-bond acceptors (Lipinski definition) is 5. The van der Waals surface area contributed by atoms with Crippen molar-refractivity contribution >= 4 is 23.2 Å². The van der Waals surface area contributed by atoms with Crippen LogP contribution in [0.1, 0.15) is 29.0 Å². The molecular weight excluding hydrogens is 308 g/mol. The Morgan fingerprint density at radius 3 is 2.50 bits per heavy atom. The molecule has 2 heterocycles. The van der Waals surface area contributed by atoms with E-state index < -0.39 is 0 Å². The largest absolute Gasteiger partial charge is 0.361 e. The molecular formula is C17H20N4O3. The SMILES string of the molecule is Cc1oncc1C(=O)Nc1ccc(NC(=O)C2CCCNC2)cc1. The van der Waals surface area contributed by atoms with Crippen LogP contribution in [0.15, 0.2) is 35.0 Å². The normalized spacial score (nSPS) is 17.3. The molecule has 1 aromatic carbocycles. The van der Waals surface area contributed by atoms with Gasteiger partial charge in [0, 0.05) is 17.9 Å². The maximum atomic E-state index is 12.2. The van der Waals surface area contributed by atoms with Gasteiger partial charge in [0.15, 0.2) is 0 Å². The van der Waals surface area contributed by atoms with Crippen LogP contribution in [0.3, 0.4) is 0 Å². The summed E-state index contributed by atoms with van der Waals surface area (Å²) in [7, 11) is 0. The summed E-state index contributed by atoms with van der Waals surface area (Å²) in [6.07, 6.45) is 3.31. The highest BCUT2D eigenvalue weighted by Gasteiger charge is 2.20. The molecule has 1 fully saturated rings. The number of carbonyl (C=O) groups excluding carboxylic acids is 2. The fourth-order valence-electron chi connectivity index (χ4n) is 2.67. The monoisotopic (exact) mass is 328 g/mol. The van der Waals surface area contributed by atoms with Gasteiger partial charge in [-0.25, -0.2) is 0 Å². The Labute approximate surface area is 139 Å². The lowest BCUT2D eigenvalue weighted by Crippen LogP contribution is -2.37. The molecule has 1 saturated heterocycles. The second kappa shape index (κ2) is 7.27. The molecule has 1 unspecified atom stereocenters. The van der Waals surface area contributed by atoms with E-state index in [-0.39, 0.29) is 17.7 Å². The summed E-state index contributed by atoms with van der Waals surface area (Å²) in [5.74, 6) is 0.227. The number of benzene rings is 1. The van der Waals surface area contributed by atoms with Gasteiger partial charge in [-0.3, -0.25) is 9.59 Å². The maximum Gasteiger partial charge on any atom is 0.260 e. The number of nitrogens with zero attached hydrogens (tertiary/aromatic N) is 1. The van der Waals surface area contributed by atoms with E-state index in [2.05, 4.69) is 21.1 Å². The molecule has 0 saturated carbocycles. The van der Waals surface area contributed by atoms with Gasteiger partial charge in [-0.2, -0.15) is 0 Å². The second-order valence-electron chi connectivity index (χ2n) is 5.86. The van der Waals surface area contributed by atoms with Crippen molar-refractivity contribution in [2.45, 2.75) is 19.8 Å². The minimum Gasteiger partial charge on any atom is -0.361 e. The third-order valence-electron chi connectivity index (χ3n) is 4.07. The first-order chi connectivity index (χ1) is 11.6. The molecule has 0 radical (unpaired) electrons. The number of hydrogen-bond donors (Lipinski definition) is 3. The summed E-state index contributed by atoms with van der Waals surface area (Å²) in [6.45, 7) is 3.38. The number of carbonyl (C=O) groups is 2. The molecule has 0 spiro atoms. The molecule has 3 N–H and O–H groups in total. The van der Waals surface area contributed by atoms with Crippen molar-refractivity contribution in [3.8, 4) is 0 Å². The molecule has 7 nitrogen and oxygen atoms in total. The average molecular weight is 328 g/mol. The van der Waals surface area contributed by atoms with Crippen LogP contribution in [0.25, 0.3) is 0 Å². The van der Waals surface area contributed by atoms with Gasteiger partial charge in [0.05, 0.1) is 12.1 Å². The molecule has 24 heavy (non-hydrogen) atoms. The summed E-state index contributed by atoms with van der Waals surface area (Å²) < 4.78 is 4.88. The molecule has 0 aliphatic carbocycles. The van der Waals surface area contributed by atoms with Crippen molar-refractivity contribution < 1.29 is 14.1 Å². The highest BCUT2D eigenvalue weighted by molar-refractivity contribution is 6.04. The second-order valence-corrected chi connectivity index (χ2v) is 5.86. The Balaban J connectivity index is 1.58. The van der Waals surface area contributed by atoms with E-state index >= 15 is 0 Å². The lowest BCUT2D eigenvalue weighted by Gasteiger charge is -2.21. The first-order valence-corrected chi connectivity index (χ1v) is 7.98. The van der Waals surface area contributed by atoms with Crippen LogP contribution in [0.5, 0.6) is 0 Å². The highest BCUT2D eigenvalue weighted by Crippen LogP contribution is 2.18. The molecule has 1 atom stereocenters. The van der Waals surface area contributed by atoms with Crippen molar-refractivity contribution in [3.05, 3.63) is 41.8 Å². The Bertz CT molecular complexity index is 718. The van der Waals surface area contributed by atoms with Crippen LogP contribution in [0.2, 0.25) is 0 Å². The third-order valence-corrected chi connectivity index (χ3v) is 4.07. The van der Waals surface area contributed by atoms with E-state index in [0.717, 1.165) is 25.9 Å². The summed E-state index contributed by atoms with van der Waals surface area (Å²) in [5.41, 5.74) is 1.75. The van der Waals surface area contributed by atoms with E-state index in [1.54, 1.807) is 31.2 Å². The lowest BCUT2D eigenvalue weighted by molar-refractivity contribution is -0.120. The number of aromatic nitrogens is 1. The number of nitrogens with one attached hydrogen (secondary N) is 3. The van der Waals surface area contributed by atoms with Gasteiger partial charge >= 0.3 is 0 Å². The Morgan fingerprint density at radius 2 is 1.92 bits per heavy atom. The highest BCUT2D eigenvalue weighted by atomic mass is 16.5. The average Bonchev–Trinajstić information content (AvgIpc) is 3.03. The molecule has 0 bridgehead atoms. The van der Waals surface area contributed by atoms with Gasteiger partial charge in [0.25, 0.3) is 5.91 Å². The standard InChI is InChI=1S/C17H20N4O3/c1-11-15(10-19-24-11)17(23)21-14-6-4-13(5-7-14)20-16(22)12-3-2-8-18-9-12/h4-7,10,12,18H,2-3,8-9H2,1H3,(H,20,22)(H,21,23). The molecule has 1 aliphatic heterocycles. The first kappa shape index (κ1) is 16.2. The predicted octanol–water partition coefficient (Wildman–Crippen LogP) is 2.17. The van der Waals surface area contributed by atoms with Gasteiger partial charge in [0.2, 0.25) is 5.91 Å². The molecule has 7 heteroatoms. The van der Waals surface area contributed by atoms with E-state index in [0.29, 0.717) is 22.7 Å². The van der Waals surface area contributed by atoms with Crippen molar-refractivity contribution in [1.82, 2.24) is 10.5 Å². The number of anilines is 2. The predicted molar refractivity (Wildman–Crippen MR) is 89.9 cm³/mol. The van der Waals surface area contributed by atoms with Crippen molar-refractivity contribution in [2.24, 2.45) is 5.92 Å². The lowest BCUT2D eigenvalue weighted by atomic mass is 9.99. The van der Waals surface area contributed by atoms with E-state index in [9.17, 15) is 9.59 Å². The van der Waals surface area contributed by atoms with E-state index in [1.807, 2.05) is 0 Å². The molecule has 2 aromatic rings. The number of rotatable bonds is 4. The first-order valence-electron chi connectivity index (χ1n) is 7.98. The zero-order valence-electron chi connectivity index (χ0n) is 13.5.